The van der Waals surface area contributed by atoms with Gasteiger partial charge in [0.15, 0.2) is 0 Å². The van der Waals surface area contributed by atoms with Gasteiger partial charge in [-0.25, -0.2) is 4.98 Å². The molecule has 1 aromatic heterocycles. The smallest absolute Gasteiger partial charge is 0.257 e. The summed E-state index contributed by atoms with van der Waals surface area (Å²) in [5.74, 6) is 0.737. The van der Waals surface area contributed by atoms with Crippen LogP contribution in [0.4, 0.5) is 11.5 Å². The van der Waals surface area contributed by atoms with Crippen molar-refractivity contribution in [2.45, 2.75) is 13.8 Å². The van der Waals surface area contributed by atoms with Crippen molar-refractivity contribution in [3.05, 3.63) is 52.7 Å². The van der Waals surface area contributed by atoms with Crippen LogP contribution in [0.15, 0.2) is 36.5 Å². The van der Waals surface area contributed by atoms with Gasteiger partial charge in [0.2, 0.25) is 0 Å². The van der Waals surface area contributed by atoms with E-state index < -0.39 is 0 Å². The summed E-state index contributed by atoms with van der Waals surface area (Å²) in [5.41, 5.74) is 2.20. The van der Waals surface area contributed by atoms with Gasteiger partial charge in [-0.15, -0.1) is 0 Å². The quantitative estimate of drug-likeness (QED) is 0.909. The number of anilines is 2. The molecule has 0 saturated carbocycles. The molecule has 0 atom stereocenters. The topological polar surface area (TPSA) is 48.5 Å². The van der Waals surface area contributed by atoms with Gasteiger partial charge in [0, 0.05) is 43.1 Å². The Morgan fingerprint density at radius 2 is 1.96 bits per heavy atom. The van der Waals surface area contributed by atoms with Crippen molar-refractivity contribution >= 4 is 29.0 Å². The molecule has 1 aromatic carbocycles. The summed E-state index contributed by atoms with van der Waals surface area (Å²) in [6, 6.07) is 9.21. The van der Waals surface area contributed by atoms with E-state index in [1.54, 1.807) is 12.3 Å². The summed E-state index contributed by atoms with van der Waals surface area (Å²) in [6.45, 7) is 9.23. The minimum Gasteiger partial charge on any atom is -0.354 e. The van der Waals surface area contributed by atoms with Gasteiger partial charge in [-0.3, -0.25) is 4.79 Å². The van der Waals surface area contributed by atoms with Crippen molar-refractivity contribution in [2.75, 3.05) is 42.9 Å². The van der Waals surface area contributed by atoms with Crippen LogP contribution >= 0.6 is 11.6 Å². The second-order valence-electron chi connectivity index (χ2n) is 6.24. The normalized spacial score (nSPS) is 15.2. The van der Waals surface area contributed by atoms with Crippen LogP contribution in [0, 0.1) is 6.92 Å². The van der Waals surface area contributed by atoms with Crippen LogP contribution in [0.1, 0.15) is 22.8 Å². The lowest BCUT2D eigenvalue weighted by Crippen LogP contribution is -2.46. The first-order chi connectivity index (χ1) is 12.1. The van der Waals surface area contributed by atoms with Gasteiger partial charge in [0.1, 0.15) is 5.82 Å². The number of hydrogen-bond donors (Lipinski definition) is 1. The summed E-state index contributed by atoms with van der Waals surface area (Å²) >= 11 is 6.10. The minimum absolute atomic E-state index is 0.185. The Morgan fingerprint density at radius 1 is 1.20 bits per heavy atom. The average Bonchev–Trinajstić information content (AvgIpc) is 2.65. The third-order valence-electron chi connectivity index (χ3n) is 4.58. The number of benzene rings is 1. The first kappa shape index (κ1) is 17.7. The van der Waals surface area contributed by atoms with Gasteiger partial charge >= 0.3 is 0 Å². The molecule has 0 aliphatic carbocycles. The van der Waals surface area contributed by atoms with Crippen LogP contribution in [-0.4, -0.2) is 48.5 Å². The maximum atomic E-state index is 12.4. The molecule has 0 unspecified atom stereocenters. The molecule has 2 heterocycles. The third-order valence-corrected chi connectivity index (χ3v) is 4.99. The number of nitrogens with one attached hydrogen (secondary N) is 1. The minimum atomic E-state index is -0.185. The molecular weight excluding hydrogens is 336 g/mol. The number of carbonyl (C=O) groups is 1. The van der Waals surface area contributed by atoms with Gasteiger partial charge in [0.05, 0.1) is 5.56 Å². The molecule has 25 heavy (non-hydrogen) atoms. The number of pyridine rings is 1. The molecule has 1 aliphatic heterocycles. The Morgan fingerprint density at radius 3 is 2.56 bits per heavy atom. The van der Waals surface area contributed by atoms with Crippen molar-refractivity contribution in [1.82, 2.24) is 9.88 Å². The lowest BCUT2D eigenvalue weighted by Gasteiger charge is -2.34. The van der Waals surface area contributed by atoms with Gasteiger partial charge < -0.3 is 15.1 Å². The summed E-state index contributed by atoms with van der Waals surface area (Å²) in [4.78, 5) is 21.5. The van der Waals surface area contributed by atoms with Gasteiger partial charge in [0.25, 0.3) is 5.91 Å². The number of aryl methyl sites for hydroxylation is 1. The maximum Gasteiger partial charge on any atom is 0.257 e. The molecule has 3 rings (SSSR count). The molecule has 0 bridgehead atoms. The highest BCUT2D eigenvalue weighted by atomic mass is 35.5. The van der Waals surface area contributed by atoms with Crippen LogP contribution in [-0.2, 0) is 0 Å². The van der Waals surface area contributed by atoms with Gasteiger partial charge in [-0.05, 0) is 43.3 Å². The molecule has 0 radical (unpaired) electrons. The predicted molar refractivity (Wildman–Crippen MR) is 103 cm³/mol. The zero-order chi connectivity index (χ0) is 17.8. The molecule has 5 nitrogen and oxygen atoms in total. The number of carbonyl (C=O) groups excluding carboxylic acids is 1. The molecular formula is C19H23ClN4O. The van der Waals surface area contributed by atoms with Crippen molar-refractivity contribution in [2.24, 2.45) is 0 Å². The zero-order valence-electron chi connectivity index (χ0n) is 14.6. The second kappa shape index (κ2) is 7.85. The Balaban J connectivity index is 1.63. The molecule has 1 amide bonds. The first-order valence-corrected chi connectivity index (χ1v) is 8.95. The lowest BCUT2D eigenvalue weighted by atomic mass is 10.2. The number of nitrogens with zero attached hydrogens (tertiary/aromatic N) is 3. The SMILES string of the molecule is CCN1CCN(c2ccc(C(=O)Nc3ccc(C)c(Cl)c3)cn2)CC1. The van der Waals surface area contributed by atoms with E-state index in [2.05, 4.69) is 27.0 Å². The zero-order valence-corrected chi connectivity index (χ0v) is 15.4. The number of halogens is 1. The average molecular weight is 359 g/mol. The number of likely N-dealkylation sites (N-methyl/N-ethyl adjacent to an activating group) is 1. The Kier molecular flexibility index (Phi) is 5.56. The fraction of sp³-hybridized carbons (Fsp3) is 0.368. The van der Waals surface area contributed by atoms with Crippen molar-refractivity contribution in [3.63, 3.8) is 0 Å². The Labute approximate surface area is 153 Å². The van der Waals surface area contributed by atoms with E-state index in [9.17, 15) is 4.79 Å². The maximum absolute atomic E-state index is 12.4. The highest BCUT2D eigenvalue weighted by Crippen LogP contribution is 2.21. The van der Waals surface area contributed by atoms with Crippen LogP contribution in [0.5, 0.6) is 0 Å². The van der Waals surface area contributed by atoms with Gasteiger partial charge in [-0.1, -0.05) is 24.6 Å². The fourth-order valence-corrected chi connectivity index (χ4v) is 3.06. The van der Waals surface area contributed by atoms with E-state index in [0.29, 0.717) is 16.3 Å². The number of hydrogen-bond acceptors (Lipinski definition) is 4. The molecule has 132 valence electrons. The van der Waals surface area contributed by atoms with Crippen molar-refractivity contribution in [3.8, 4) is 0 Å². The van der Waals surface area contributed by atoms with E-state index in [1.165, 1.54) is 0 Å². The highest BCUT2D eigenvalue weighted by Gasteiger charge is 2.17. The Hall–Kier alpha value is -2.11. The largest absolute Gasteiger partial charge is 0.354 e. The number of rotatable bonds is 4. The molecule has 1 aliphatic rings. The molecule has 0 spiro atoms. The summed E-state index contributed by atoms with van der Waals surface area (Å²) < 4.78 is 0. The fourth-order valence-electron chi connectivity index (χ4n) is 2.87. The van der Waals surface area contributed by atoms with E-state index in [1.807, 2.05) is 31.2 Å². The number of aromatic nitrogens is 1. The molecule has 1 saturated heterocycles. The molecule has 6 heteroatoms. The van der Waals surface area contributed by atoms with Crippen molar-refractivity contribution in [1.29, 1.82) is 0 Å². The van der Waals surface area contributed by atoms with E-state index >= 15 is 0 Å². The van der Waals surface area contributed by atoms with Crippen molar-refractivity contribution < 1.29 is 4.79 Å². The molecule has 1 N–H and O–H groups in total. The second-order valence-corrected chi connectivity index (χ2v) is 6.65. The standard InChI is InChI=1S/C19H23ClN4O/c1-3-23-8-10-24(11-9-23)18-7-5-15(13-21-18)19(25)22-16-6-4-14(2)17(20)12-16/h4-7,12-13H,3,8-11H2,1-2H3,(H,22,25). The molecule has 1 fully saturated rings. The number of amides is 1. The lowest BCUT2D eigenvalue weighted by molar-refractivity contribution is 0.102. The molecule has 2 aromatic rings. The van der Waals surface area contributed by atoms with Crippen LogP contribution in [0.2, 0.25) is 5.02 Å². The van der Waals surface area contributed by atoms with E-state index in [0.717, 1.165) is 44.1 Å². The summed E-state index contributed by atoms with van der Waals surface area (Å²) in [6.07, 6.45) is 1.63. The monoisotopic (exact) mass is 358 g/mol. The van der Waals surface area contributed by atoms with E-state index in [4.69, 9.17) is 11.6 Å². The predicted octanol–water partition coefficient (Wildman–Crippen LogP) is 3.44. The summed E-state index contributed by atoms with van der Waals surface area (Å²) in [7, 11) is 0. The summed E-state index contributed by atoms with van der Waals surface area (Å²) in [5, 5.41) is 3.49. The van der Waals surface area contributed by atoms with Crippen LogP contribution in [0.3, 0.4) is 0 Å². The Bertz CT molecular complexity index is 740. The van der Waals surface area contributed by atoms with Crippen LogP contribution < -0.4 is 10.2 Å². The van der Waals surface area contributed by atoms with Crippen LogP contribution in [0.25, 0.3) is 0 Å². The third kappa shape index (κ3) is 4.30. The first-order valence-electron chi connectivity index (χ1n) is 8.57. The highest BCUT2D eigenvalue weighted by molar-refractivity contribution is 6.31. The van der Waals surface area contributed by atoms with E-state index in [-0.39, 0.29) is 5.91 Å². The number of piperazine rings is 1. The van der Waals surface area contributed by atoms with Gasteiger partial charge in [-0.2, -0.15) is 0 Å².